The summed E-state index contributed by atoms with van der Waals surface area (Å²) in [6, 6.07) is 1.21. The molecule has 19 heavy (non-hydrogen) atoms. The maximum atomic E-state index is 12.0. The number of carbonyl (C=O) groups excluding carboxylic acids is 1. The van der Waals surface area contributed by atoms with Crippen molar-refractivity contribution >= 4 is 41.0 Å². The topological polar surface area (TPSA) is 59.9 Å². The van der Waals surface area contributed by atoms with Gasteiger partial charge in [0.25, 0.3) is 0 Å². The van der Waals surface area contributed by atoms with Gasteiger partial charge in [0.2, 0.25) is 0 Å². The Morgan fingerprint density at radius 2 is 2.26 bits per heavy atom. The molecular weight excluding hydrogens is 286 g/mol. The molecule has 0 aliphatic heterocycles. The van der Waals surface area contributed by atoms with Crippen molar-refractivity contribution in [3.63, 3.8) is 0 Å². The average molecular weight is 300 g/mol. The van der Waals surface area contributed by atoms with Gasteiger partial charge in [0.05, 0.1) is 17.6 Å². The molecule has 0 spiro atoms. The van der Waals surface area contributed by atoms with Crippen LogP contribution in [0, 0.1) is 10.7 Å². The van der Waals surface area contributed by atoms with Crippen LogP contribution in [0.25, 0.3) is 11.2 Å². The molecule has 0 saturated heterocycles. The van der Waals surface area contributed by atoms with Crippen LogP contribution >= 0.6 is 23.8 Å². The van der Waals surface area contributed by atoms with Gasteiger partial charge >= 0.3 is 5.97 Å². The van der Waals surface area contributed by atoms with E-state index in [9.17, 15) is 4.79 Å². The van der Waals surface area contributed by atoms with E-state index in [0.717, 1.165) is 0 Å². The molecule has 7 heteroatoms. The molecule has 0 radical (unpaired) electrons. The monoisotopic (exact) mass is 299 g/mol. The van der Waals surface area contributed by atoms with E-state index >= 15 is 0 Å². The lowest BCUT2D eigenvalue weighted by molar-refractivity contribution is -0.145. The predicted molar refractivity (Wildman–Crippen MR) is 75.8 cm³/mol. The van der Waals surface area contributed by atoms with Crippen molar-refractivity contribution < 1.29 is 9.53 Å². The lowest BCUT2D eigenvalue weighted by atomic mass is 10.0. The maximum Gasteiger partial charge on any atom is 0.329 e. The Morgan fingerprint density at radius 3 is 2.84 bits per heavy atom. The summed E-state index contributed by atoms with van der Waals surface area (Å²) in [6.07, 6.45) is 1.53. The largest absolute Gasteiger partial charge is 0.467 e. The highest BCUT2D eigenvalue weighted by Crippen LogP contribution is 2.25. The lowest BCUT2D eigenvalue weighted by Crippen LogP contribution is -2.26. The minimum absolute atomic E-state index is 0.0237. The van der Waals surface area contributed by atoms with Crippen molar-refractivity contribution in [2.45, 2.75) is 19.9 Å². The number of pyridine rings is 1. The molecule has 1 unspecified atom stereocenters. The molecule has 2 aromatic heterocycles. The van der Waals surface area contributed by atoms with Crippen LogP contribution in [0.2, 0.25) is 5.02 Å². The second-order valence-electron chi connectivity index (χ2n) is 4.54. The van der Waals surface area contributed by atoms with Gasteiger partial charge in [0.15, 0.2) is 10.4 Å². The first kappa shape index (κ1) is 14.0. The van der Waals surface area contributed by atoms with Gasteiger partial charge in [-0.1, -0.05) is 25.4 Å². The molecule has 2 rings (SSSR count). The number of carbonyl (C=O) groups is 1. The molecular formula is C12H14ClN3O2S. The van der Waals surface area contributed by atoms with Crippen LogP contribution in [-0.4, -0.2) is 27.6 Å². The summed E-state index contributed by atoms with van der Waals surface area (Å²) in [7, 11) is 1.36. The first-order valence-corrected chi connectivity index (χ1v) is 6.58. The van der Waals surface area contributed by atoms with Gasteiger partial charge in [0, 0.05) is 6.20 Å². The van der Waals surface area contributed by atoms with Crippen LogP contribution in [0.3, 0.4) is 0 Å². The summed E-state index contributed by atoms with van der Waals surface area (Å²) in [6.45, 7) is 3.86. The van der Waals surface area contributed by atoms with E-state index < -0.39 is 6.04 Å². The molecule has 0 fully saturated rings. The molecule has 0 bridgehead atoms. The van der Waals surface area contributed by atoms with E-state index in [-0.39, 0.29) is 11.9 Å². The third kappa shape index (κ3) is 2.50. The molecule has 2 heterocycles. The fourth-order valence-electron chi connectivity index (χ4n) is 2.04. The zero-order valence-corrected chi connectivity index (χ0v) is 12.4. The number of aromatic nitrogens is 3. The number of methoxy groups -OCH3 is 1. The van der Waals surface area contributed by atoms with Crippen LogP contribution < -0.4 is 0 Å². The Labute approximate surface area is 120 Å². The van der Waals surface area contributed by atoms with E-state index in [1.165, 1.54) is 13.3 Å². The molecule has 0 amide bonds. The molecule has 1 atom stereocenters. The van der Waals surface area contributed by atoms with Gasteiger partial charge in [0.1, 0.15) is 6.04 Å². The van der Waals surface area contributed by atoms with Crippen LogP contribution in [0.5, 0.6) is 0 Å². The molecule has 0 saturated carbocycles. The zero-order chi connectivity index (χ0) is 14.2. The van der Waals surface area contributed by atoms with Crippen molar-refractivity contribution in [3.8, 4) is 0 Å². The highest BCUT2D eigenvalue weighted by Gasteiger charge is 2.27. The minimum atomic E-state index is -0.514. The number of aromatic amines is 1. The van der Waals surface area contributed by atoms with Crippen molar-refractivity contribution in [3.05, 3.63) is 22.1 Å². The number of halogens is 1. The summed E-state index contributed by atoms with van der Waals surface area (Å²) in [5.41, 5.74) is 1.30. The van der Waals surface area contributed by atoms with Crippen molar-refractivity contribution in [2.75, 3.05) is 7.11 Å². The van der Waals surface area contributed by atoms with Crippen LogP contribution in [0.1, 0.15) is 19.9 Å². The van der Waals surface area contributed by atoms with Gasteiger partial charge in [-0.3, -0.25) is 4.57 Å². The number of nitrogens with one attached hydrogen (secondary N) is 1. The highest BCUT2D eigenvalue weighted by atomic mass is 35.5. The third-order valence-corrected chi connectivity index (χ3v) is 3.38. The SMILES string of the molecule is COC(=O)C(C(C)C)n1c(=S)[nH]c2cc(Cl)cnc21. The number of esters is 1. The number of nitrogens with zero attached hydrogens (tertiary/aromatic N) is 2. The highest BCUT2D eigenvalue weighted by molar-refractivity contribution is 7.71. The predicted octanol–water partition coefficient (Wildman–Crippen LogP) is 3.12. The fourth-order valence-corrected chi connectivity index (χ4v) is 2.51. The summed E-state index contributed by atoms with van der Waals surface area (Å²) in [4.78, 5) is 19.2. The first-order valence-electron chi connectivity index (χ1n) is 5.79. The molecule has 2 aromatic rings. The van der Waals surface area contributed by atoms with E-state index in [0.29, 0.717) is 21.0 Å². The normalized spacial score (nSPS) is 12.9. The number of hydrogen-bond donors (Lipinski definition) is 1. The zero-order valence-electron chi connectivity index (χ0n) is 10.8. The Bertz CT molecular complexity index is 677. The number of rotatable bonds is 3. The van der Waals surface area contributed by atoms with Gasteiger partial charge in [-0.05, 0) is 24.2 Å². The van der Waals surface area contributed by atoms with E-state index in [4.69, 9.17) is 28.6 Å². The summed E-state index contributed by atoms with van der Waals surface area (Å²) in [5.74, 6) is -0.320. The number of hydrogen-bond acceptors (Lipinski definition) is 4. The number of imidazole rings is 1. The smallest absolute Gasteiger partial charge is 0.329 e. The molecule has 5 nitrogen and oxygen atoms in total. The number of fused-ring (bicyclic) bond motifs is 1. The Kier molecular flexibility index (Phi) is 3.91. The molecule has 0 aliphatic carbocycles. The van der Waals surface area contributed by atoms with Crippen LogP contribution in [0.15, 0.2) is 12.3 Å². The third-order valence-electron chi connectivity index (χ3n) is 2.87. The average Bonchev–Trinajstić information content (AvgIpc) is 2.65. The fraction of sp³-hybridized carbons (Fsp3) is 0.417. The molecule has 1 N–H and O–H groups in total. The summed E-state index contributed by atoms with van der Waals surface area (Å²) in [5, 5.41) is 0.509. The maximum absolute atomic E-state index is 12.0. The first-order chi connectivity index (χ1) is 8.95. The van der Waals surface area contributed by atoms with Gasteiger partial charge in [-0.25, -0.2) is 9.78 Å². The van der Waals surface area contributed by atoms with Crippen molar-refractivity contribution in [2.24, 2.45) is 5.92 Å². The lowest BCUT2D eigenvalue weighted by Gasteiger charge is -2.20. The number of H-pyrrole nitrogens is 1. The van der Waals surface area contributed by atoms with Crippen LogP contribution in [-0.2, 0) is 9.53 Å². The van der Waals surface area contributed by atoms with Crippen LogP contribution in [0.4, 0.5) is 0 Å². The molecule has 0 aromatic carbocycles. The second kappa shape index (κ2) is 5.30. The van der Waals surface area contributed by atoms with E-state index in [2.05, 4.69) is 9.97 Å². The standard InChI is InChI=1S/C12H14ClN3O2S/c1-6(2)9(11(17)18-3)16-10-8(15-12(16)19)4-7(13)5-14-10/h4-6,9H,1-3H3,(H,15,19). The second-order valence-corrected chi connectivity index (χ2v) is 5.36. The molecule has 0 aliphatic rings. The van der Waals surface area contributed by atoms with E-state index in [1.54, 1.807) is 10.6 Å². The quantitative estimate of drug-likeness (QED) is 0.699. The minimum Gasteiger partial charge on any atom is -0.467 e. The van der Waals surface area contributed by atoms with E-state index in [1.807, 2.05) is 13.8 Å². The van der Waals surface area contributed by atoms with Gasteiger partial charge < -0.3 is 9.72 Å². The Morgan fingerprint density at radius 1 is 1.58 bits per heavy atom. The number of ether oxygens (including phenoxy) is 1. The summed E-state index contributed by atoms with van der Waals surface area (Å²) < 4.78 is 6.95. The van der Waals surface area contributed by atoms with Crippen molar-refractivity contribution in [1.29, 1.82) is 0 Å². The van der Waals surface area contributed by atoms with Gasteiger partial charge in [-0.15, -0.1) is 0 Å². The molecule has 102 valence electrons. The summed E-state index contributed by atoms with van der Waals surface area (Å²) >= 11 is 11.2. The Hall–Kier alpha value is -1.40. The van der Waals surface area contributed by atoms with Gasteiger partial charge in [-0.2, -0.15) is 0 Å². The van der Waals surface area contributed by atoms with Crippen molar-refractivity contribution in [1.82, 2.24) is 14.5 Å². The Balaban J connectivity index is 2.69.